The molecule has 100 valence electrons. The van der Waals surface area contributed by atoms with Crippen LogP contribution < -0.4 is 10.1 Å². The maximum Gasteiger partial charge on any atom is 0.269 e. The molecule has 1 atom stereocenters. The van der Waals surface area contributed by atoms with Crippen LogP contribution in [0.3, 0.4) is 0 Å². The summed E-state index contributed by atoms with van der Waals surface area (Å²) in [6.07, 6.45) is -0.287. The first-order chi connectivity index (χ1) is 9.90. The number of rotatable bonds is 2. The van der Waals surface area contributed by atoms with E-state index in [1.165, 1.54) is 11.3 Å². The highest BCUT2D eigenvalue weighted by molar-refractivity contribution is 7.07. The van der Waals surface area contributed by atoms with Crippen molar-refractivity contribution in [3.8, 4) is 17.3 Å². The number of benzene rings is 1. The van der Waals surface area contributed by atoms with Crippen LogP contribution in [-0.2, 0) is 0 Å². The summed E-state index contributed by atoms with van der Waals surface area (Å²) in [5, 5.41) is 9.11. The molecule has 1 aliphatic rings. The summed E-state index contributed by atoms with van der Waals surface area (Å²) in [5.74, 6) is 1.73. The number of thiazole rings is 1. The maximum absolute atomic E-state index is 5.87. The molecule has 2 aromatic heterocycles. The molecular formula is C13H10N4O2S. The lowest BCUT2D eigenvalue weighted by Crippen LogP contribution is -2.23. The zero-order chi connectivity index (χ0) is 13.4. The van der Waals surface area contributed by atoms with Crippen LogP contribution in [0.25, 0.3) is 11.5 Å². The summed E-state index contributed by atoms with van der Waals surface area (Å²) in [6.45, 7) is 0.593. The lowest BCUT2D eigenvalue weighted by atomic mass is 10.2. The summed E-state index contributed by atoms with van der Waals surface area (Å²) in [4.78, 5) is 8.51. The Morgan fingerprint density at radius 3 is 3.15 bits per heavy atom. The summed E-state index contributed by atoms with van der Waals surface area (Å²) >= 11 is 1.49. The van der Waals surface area contributed by atoms with E-state index in [4.69, 9.17) is 9.26 Å². The minimum atomic E-state index is -0.287. The topological polar surface area (TPSA) is 73.1 Å². The van der Waals surface area contributed by atoms with Crippen molar-refractivity contribution < 1.29 is 9.26 Å². The van der Waals surface area contributed by atoms with E-state index in [0.29, 0.717) is 24.0 Å². The van der Waals surface area contributed by atoms with Gasteiger partial charge in [-0.3, -0.25) is 0 Å². The molecule has 7 heteroatoms. The van der Waals surface area contributed by atoms with Crippen molar-refractivity contribution >= 4 is 17.0 Å². The van der Waals surface area contributed by atoms with Gasteiger partial charge in [-0.05, 0) is 12.1 Å². The Hall–Kier alpha value is -2.41. The van der Waals surface area contributed by atoms with Crippen molar-refractivity contribution in [1.29, 1.82) is 0 Å². The number of para-hydroxylation sites is 2. The SMILES string of the molecule is c1ccc2c(c1)NCC(c1nc(-c3cscn3)no1)O2. The molecule has 1 N–H and O–H groups in total. The number of nitrogens with one attached hydrogen (secondary N) is 1. The standard InChI is InChI=1S/C13H10N4O2S/c1-2-4-10-8(3-1)14-5-11(18-10)13-16-12(17-19-13)9-6-20-7-15-9/h1-4,6-7,11,14H,5H2. The molecule has 20 heavy (non-hydrogen) atoms. The number of aromatic nitrogens is 3. The lowest BCUT2D eigenvalue weighted by Gasteiger charge is -2.24. The Kier molecular flexibility index (Phi) is 2.63. The first-order valence-electron chi connectivity index (χ1n) is 6.12. The molecule has 0 fully saturated rings. The predicted octanol–water partition coefficient (Wildman–Crippen LogP) is 2.74. The van der Waals surface area contributed by atoms with Crippen LogP contribution in [0.2, 0.25) is 0 Å². The van der Waals surface area contributed by atoms with E-state index in [9.17, 15) is 0 Å². The van der Waals surface area contributed by atoms with Crippen molar-refractivity contribution in [3.05, 3.63) is 41.0 Å². The van der Waals surface area contributed by atoms with E-state index in [1.54, 1.807) is 5.51 Å². The summed E-state index contributed by atoms with van der Waals surface area (Å²) in [7, 11) is 0. The molecule has 0 saturated heterocycles. The van der Waals surface area contributed by atoms with Gasteiger partial charge in [0.25, 0.3) is 5.89 Å². The second-order valence-corrected chi connectivity index (χ2v) is 5.03. The van der Waals surface area contributed by atoms with Gasteiger partial charge >= 0.3 is 0 Å². The van der Waals surface area contributed by atoms with Crippen molar-refractivity contribution in [2.75, 3.05) is 11.9 Å². The Morgan fingerprint density at radius 2 is 2.25 bits per heavy atom. The molecule has 6 nitrogen and oxygen atoms in total. The van der Waals surface area contributed by atoms with Crippen molar-refractivity contribution in [2.45, 2.75) is 6.10 Å². The summed E-state index contributed by atoms with van der Waals surface area (Å²) < 4.78 is 11.2. The van der Waals surface area contributed by atoms with Crippen LogP contribution in [0.1, 0.15) is 12.0 Å². The third-order valence-electron chi connectivity index (χ3n) is 3.01. The fraction of sp³-hybridized carbons (Fsp3) is 0.154. The molecule has 3 heterocycles. The molecule has 0 saturated carbocycles. The number of anilines is 1. The molecule has 0 amide bonds. The molecule has 0 spiro atoms. The zero-order valence-corrected chi connectivity index (χ0v) is 11.1. The van der Waals surface area contributed by atoms with Crippen LogP contribution in [0.5, 0.6) is 5.75 Å². The van der Waals surface area contributed by atoms with Gasteiger partial charge in [-0.15, -0.1) is 11.3 Å². The van der Waals surface area contributed by atoms with Gasteiger partial charge in [0.2, 0.25) is 5.82 Å². The highest BCUT2D eigenvalue weighted by Gasteiger charge is 2.26. The quantitative estimate of drug-likeness (QED) is 0.781. The largest absolute Gasteiger partial charge is 0.477 e. The van der Waals surface area contributed by atoms with Crippen LogP contribution >= 0.6 is 11.3 Å². The second kappa shape index (κ2) is 4.61. The van der Waals surface area contributed by atoms with E-state index >= 15 is 0 Å². The third kappa shape index (κ3) is 1.92. The highest BCUT2D eigenvalue weighted by Crippen LogP contribution is 2.33. The van der Waals surface area contributed by atoms with E-state index < -0.39 is 0 Å². The predicted molar refractivity (Wildman–Crippen MR) is 73.7 cm³/mol. The first kappa shape index (κ1) is 11.4. The maximum atomic E-state index is 5.87. The third-order valence-corrected chi connectivity index (χ3v) is 3.60. The molecule has 1 aromatic carbocycles. The molecule has 1 unspecified atom stereocenters. The van der Waals surface area contributed by atoms with Gasteiger partial charge in [-0.2, -0.15) is 4.98 Å². The van der Waals surface area contributed by atoms with E-state index in [1.807, 2.05) is 29.6 Å². The van der Waals surface area contributed by atoms with Gasteiger partial charge in [0.1, 0.15) is 11.4 Å². The van der Waals surface area contributed by atoms with Crippen LogP contribution in [0.4, 0.5) is 5.69 Å². The van der Waals surface area contributed by atoms with Crippen LogP contribution in [-0.4, -0.2) is 21.7 Å². The second-order valence-electron chi connectivity index (χ2n) is 4.31. The lowest BCUT2D eigenvalue weighted by molar-refractivity contribution is 0.163. The van der Waals surface area contributed by atoms with Gasteiger partial charge < -0.3 is 14.6 Å². The minimum Gasteiger partial charge on any atom is -0.477 e. The molecule has 4 rings (SSSR count). The number of hydrogen-bond acceptors (Lipinski definition) is 7. The number of hydrogen-bond donors (Lipinski definition) is 1. The van der Waals surface area contributed by atoms with E-state index in [2.05, 4.69) is 20.4 Å². The van der Waals surface area contributed by atoms with Crippen LogP contribution in [0, 0.1) is 0 Å². The molecule has 0 bridgehead atoms. The average Bonchev–Trinajstić information content (AvgIpc) is 3.17. The zero-order valence-electron chi connectivity index (χ0n) is 10.3. The molecule has 0 radical (unpaired) electrons. The van der Waals surface area contributed by atoms with Gasteiger partial charge in [-0.1, -0.05) is 17.3 Å². The van der Waals surface area contributed by atoms with Crippen molar-refractivity contribution in [2.24, 2.45) is 0 Å². The van der Waals surface area contributed by atoms with Crippen LogP contribution in [0.15, 0.2) is 39.7 Å². The first-order valence-corrected chi connectivity index (χ1v) is 7.06. The smallest absolute Gasteiger partial charge is 0.269 e. The van der Waals surface area contributed by atoms with Gasteiger partial charge in [0, 0.05) is 5.38 Å². The fourth-order valence-electron chi connectivity index (χ4n) is 2.04. The Labute approximate surface area is 118 Å². The Balaban J connectivity index is 1.60. The van der Waals surface area contributed by atoms with E-state index in [0.717, 1.165) is 11.4 Å². The summed E-state index contributed by atoms with van der Waals surface area (Å²) in [5.41, 5.74) is 3.43. The average molecular weight is 286 g/mol. The Morgan fingerprint density at radius 1 is 1.30 bits per heavy atom. The number of nitrogens with zero attached hydrogens (tertiary/aromatic N) is 3. The van der Waals surface area contributed by atoms with Crippen molar-refractivity contribution in [1.82, 2.24) is 15.1 Å². The highest BCUT2D eigenvalue weighted by atomic mass is 32.1. The molecule has 0 aliphatic carbocycles. The van der Waals surface area contributed by atoms with Gasteiger partial charge in [-0.25, -0.2) is 4.98 Å². The molecular weight excluding hydrogens is 276 g/mol. The number of ether oxygens (including phenoxy) is 1. The normalized spacial score (nSPS) is 17.1. The van der Waals surface area contributed by atoms with Crippen molar-refractivity contribution in [3.63, 3.8) is 0 Å². The monoisotopic (exact) mass is 286 g/mol. The summed E-state index contributed by atoms with van der Waals surface area (Å²) in [6, 6.07) is 7.77. The van der Waals surface area contributed by atoms with Gasteiger partial charge in [0.15, 0.2) is 6.10 Å². The fourth-order valence-corrected chi connectivity index (χ4v) is 2.57. The van der Waals surface area contributed by atoms with E-state index in [-0.39, 0.29) is 6.10 Å². The van der Waals surface area contributed by atoms with Gasteiger partial charge in [0.05, 0.1) is 17.7 Å². The Bertz CT molecular complexity index is 726. The minimum absolute atomic E-state index is 0.287. The molecule has 3 aromatic rings. The number of fused-ring (bicyclic) bond motifs is 1. The molecule has 1 aliphatic heterocycles.